The maximum Gasteiger partial charge on any atom is 0.202 e. The number of thiophene rings is 1. The van der Waals surface area contributed by atoms with E-state index in [1.54, 1.807) is 21.7 Å². The first-order valence-corrected chi connectivity index (χ1v) is 9.68. The molecule has 1 unspecified atom stereocenters. The molecule has 0 spiro atoms. The van der Waals surface area contributed by atoms with Gasteiger partial charge in [-0.25, -0.2) is 14.5 Å². The van der Waals surface area contributed by atoms with Crippen molar-refractivity contribution < 1.29 is 0 Å². The first-order valence-electron chi connectivity index (χ1n) is 8.49. The van der Waals surface area contributed by atoms with E-state index in [0.29, 0.717) is 10.8 Å². The number of aryl methyl sites for hydroxylation is 2. The molecule has 4 aromatic heterocycles. The Morgan fingerprint density at radius 3 is 3.04 bits per heavy atom. The minimum absolute atomic E-state index is 0.556. The quantitative estimate of drug-likeness (QED) is 0.535. The van der Waals surface area contributed by atoms with Gasteiger partial charge in [-0.2, -0.15) is 5.10 Å². The summed E-state index contributed by atoms with van der Waals surface area (Å²) in [7, 11) is 1.85. The van der Waals surface area contributed by atoms with Crippen molar-refractivity contribution in [1.29, 1.82) is 0 Å². The van der Waals surface area contributed by atoms with Gasteiger partial charge in [0.15, 0.2) is 5.65 Å². The lowest BCUT2D eigenvalue weighted by Gasteiger charge is -2.20. The van der Waals surface area contributed by atoms with Gasteiger partial charge in [0.1, 0.15) is 16.9 Å². The summed E-state index contributed by atoms with van der Waals surface area (Å²) in [5, 5.41) is 10.5. The van der Waals surface area contributed by atoms with E-state index >= 15 is 0 Å². The van der Waals surface area contributed by atoms with E-state index in [0.717, 1.165) is 40.3 Å². The highest BCUT2D eigenvalue weighted by Crippen LogP contribution is 2.39. The molecule has 5 rings (SSSR count). The third-order valence-corrected chi connectivity index (χ3v) is 6.61. The van der Waals surface area contributed by atoms with Crippen LogP contribution in [0.15, 0.2) is 12.5 Å². The van der Waals surface area contributed by atoms with E-state index in [1.165, 1.54) is 23.3 Å². The largest absolute Gasteiger partial charge is 0.263 e. The molecule has 6 nitrogen and oxygen atoms in total. The molecule has 0 N–H and O–H groups in total. The minimum atomic E-state index is 0.556. The fraction of sp³-hybridized carbons (Fsp3) is 0.412. The van der Waals surface area contributed by atoms with Gasteiger partial charge < -0.3 is 0 Å². The lowest BCUT2D eigenvalue weighted by Crippen LogP contribution is -2.11. The maximum absolute atomic E-state index is 6.27. The number of aromatic nitrogens is 6. The summed E-state index contributed by atoms with van der Waals surface area (Å²) >= 11 is 8.08. The average molecular weight is 373 g/mol. The molecule has 1 aliphatic rings. The number of halogens is 1. The Morgan fingerprint density at radius 1 is 1.40 bits per heavy atom. The van der Waals surface area contributed by atoms with Crippen LogP contribution < -0.4 is 0 Å². The van der Waals surface area contributed by atoms with E-state index in [2.05, 4.69) is 22.1 Å². The van der Waals surface area contributed by atoms with Crippen LogP contribution in [0.2, 0.25) is 5.02 Å². The minimum Gasteiger partial charge on any atom is -0.263 e. The Bertz CT molecular complexity index is 1090. The lowest BCUT2D eigenvalue weighted by molar-refractivity contribution is 0.451. The summed E-state index contributed by atoms with van der Waals surface area (Å²) < 4.78 is 3.47. The van der Waals surface area contributed by atoms with Crippen LogP contribution in [0.4, 0.5) is 0 Å². The van der Waals surface area contributed by atoms with Gasteiger partial charge in [-0.3, -0.25) is 4.68 Å². The fourth-order valence-corrected chi connectivity index (χ4v) is 5.30. The summed E-state index contributed by atoms with van der Waals surface area (Å²) in [6, 6.07) is 0. The van der Waals surface area contributed by atoms with Crippen molar-refractivity contribution in [2.24, 2.45) is 13.0 Å². The summed E-state index contributed by atoms with van der Waals surface area (Å²) in [6.07, 6.45) is 8.11. The highest BCUT2D eigenvalue weighted by Gasteiger charge is 2.25. The second-order valence-corrected chi connectivity index (χ2v) is 8.10. The van der Waals surface area contributed by atoms with Crippen LogP contribution in [-0.4, -0.2) is 29.4 Å². The summed E-state index contributed by atoms with van der Waals surface area (Å²) in [4.78, 5) is 12.0. The molecule has 1 atom stereocenters. The number of fused-ring (bicyclic) bond motifs is 5. The van der Waals surface area contributed by atoms with E-state index in [4.69, 9.17) is 16.6 Å². The molecule has 1 aliphatic carbocycles. The molecule has 4 heterocycles. The summed E-state index contributed by atoms with van der Waals surface area (Å²) in [5.41, 5.74) is 3.01. The molecule has 25 heavy (non-hydrogen) atoms. The van der Waals surface area contributed by atoms with Gasteiger partial charge >= 0.3 is 0 Å². The SMILES string of the molecule is CCC1CCc2c(sc3ncn4nc(-c5c(Cl)cnn5C)nc4c23)C1. The first-order chi connectivity index (χ1) is 12.2. The number of hydrogen-bond donors (Lipinski definition) is 0. The zero-order valence-electron chi connectivity index (χ0n) is 14.0. The van der Waals surface area contributed by atoms with Gasteiger partial charge in [0.2, 0.25) is 5.82 Å². The van der Waals surface area contributed by atoms with Crippen LogP contribution in [0, 0.1) is 5.92 Å². The molecule has 0 aromatic carbocycles. The van der Waals surface area contributed by atoms with Crippen molar-refractivity contribution in [2.75, 3.05) is 0 Å². The molecule has 0 fully saturated rings. The summed E-state index contributed by atoms with van der Waals surface area (Å²) in [5.74, 6) is 1.37. The average Bonchev–Trinajstić information content (AvgIpc) is 3.27. The molecular weight excluding hydrogens is 356 g/mol. The Hall–Kier alpha value is -1.99. The molecule has 0 aliphatic heterocycles. The Balaban J connectivity index is 1.74. The molecular formula is C17H17ClN6S. The normalized spacial score (nSPS) is 17.5. The Labute approximate surface area is 153 Å². The van der Waals surface area contributed by atoms with E-state index in [1.807, 2.05) is 18.4 Å². The topological polar surface area (TPSA) is 60.9 Å². The van der Waals surface area contributed by atoms with Gasteiger partial charge in [-0.15, -0.1) is 16.4 Å². The summed E-state index contributed by atoms with van der Waals surface area (Å²) in [6.45, 7) is 2.28. The van der Waals surface area contributed by atoms with Gasteiger partial charge in [0.05, 0.1) is 16.6 Å². The smallest absolute Gasteiger partial charge is 0.202 e. The van der Waals surface area contributed by atoms with Crippen LogP contribution in [-0.2, 0) is 19.9 Å². The van der Waals surface area contributed by atoms with Gasteiger partial charge in [0, 0.05) is 11.9 Å². The molecule has 0 amide bonds. The van der Waals surface area contributed by atoms with Crippen molar-refractivity contribution in [2.45, 2.75) is 32.6 Å². The Morgan fingerprint density at radius 2 is 2.28 bits per heavy atom. The number of nitrogens with zero attached hydrogens (tertiary/aromatic N) is 6. The number of hydrogen-bond acceptors (Lipinski definition) is 5. The predicted octanol–water partition coefficient (Wildman–Crippen LogP) is 3.91. The van der Waals surface area contributed by atoms with Crippen LogP contribution in [0.3, 0.4) is 0 Å². The predicted molar refractivity (Wildman–Crippen MR) is 99.2 cm³/mol. The molecule has 8 heteroatoms. The second kappa shape index (κ2) is 5.51. The standard InChI is InChI=1S/C17H17ClN6S/c1-3-9-4-5-10-12(6-9)25-17-13(10)16-21-15(22-24(16)8-19-17)14-11(18)7-20-23(14)2/h7-9H,3-6H2,1-2H3. The molecule has 4 aromatic rings. The second-order valence-electron chi connectivity index (χ2n) is 6.61. The van der Waals surface area contributed by atoms with E-state index in [9.17, 15) is 0 Å². The fourth-order valence-electron chi connectivity index (χ4n) is 3.75. The molecule has 0 radical (unpaired) electrons. The zero-order chi connectivity index (χ0) is 17.1. The van der Waals surface area contributed by atoms with Gasteiger partial charge in [0.25, 0.3) is 0 Å². The van der Waals surface area contributed by atoms with Crippen LogP contribution >= 0.6 is 22.9 Å². The monoisotopic (exact) mass is 372 g/mol. The van der Waals surface area contributed by atoms with Crippen molar-refractivity contribution >= 4 is 38.8 Å². The first kappa shape index (κ1) is 15.3. The van der Waals surface area contributed by atoms with Crippen molar-refractivity contribution in [1.82, 2.24) is 29.4 Å². The zero-order valence-corrected chi connectivity index (χ0v) is 15.6. The molecule has 0 bridgehead atoms. The van der Waals surface area contributed by atoms with Gasteiger partial charge in [-0.05, 0) is 30.7 Å². The molecule has 0 saturated carbocycles. The number of rotatable bonds is 2. The third kappa shape index (κ3) is 2.22. The van der Waals surface area contributed by atoms with Crippen LogP contribution in [0.1, 0.15) is 30.2 Å². The molecule has 0 saturated heterocycles. The molecule has 128 valence electrons. The van der Waals surface area contributed by atoms with Crippen molar-refractivity contribution in [3.05, 3.63) is 28.0 Å². The van der Waals surface area contributed by atoms with E-state index < -0.39 is 0 Å². The van der Waals surface area contributed by atoms with E-state index in [-0.39, 0.29) is 0 Å². The highest BCUT2D eigenvalue weighted by molar-refractivity contribution is 7.19. The van der Waals surface area contributed by atoms with Crippen LogP contribution in [0.25, 0.3) is 27.4 Å². The van der Waals surface area contributed by atoms with Crippen LogP contribution in [0.5, 0.6) is 0 Å². The highest BCUT2D eigenvalue weighted by atomic mass is 35.5. The Kier molecular flexibility index (Phi) is 3.36. The van der Waals surface area contributed by atoms with Gasteiger partial charge in [-0.1, -0.05) is 24.9 Å². The lowest BCUT2D eigenvalue weighted by atomic mass is 9.86. The van der Waals surface area contributed by atoms with Crippen molar-refractivity contribution in [3.8, 4) is 11.5 Å². The van der Waals surface area contributed by atoms with Crippen molar-refractivity contribution in [3.63, 3.8) is 0 Å². The third-order valence-electron chi connectivity index (χ3n) is 5.17. The maximum atomic E-state index is 6.27.